The van der Waals surface area contributed by atoms with Crippen LogP contribution < -0.4 is 4.74 Å². The lowest BCUT2D eigenvalue weighted by atomic mass is 9.79. The fraction of sp³-hybridized carbons (Fsp3) is 0.438. The van der Waals surface area contributed by atoms with Crippen LogP contribution in [0.2, 0.25) is 0 Å². The Labute approximate surface area is 118 Å². The molecular formula is C16H19NO3. The Kier molecular flexibility index (Phi) is 2.96. The van der Waals surface area contributed by atoms with Crippen LogP contribution in [-0.2, 0) is 17.3 Å². The van der Waals surface area contributed by atoms with Crippen LogP contribution in [-0.4, -0.2) is 22.8 Å². The number of aryl methyl sites for hydroxylation is 1. The largest absolute Gasteiger partial charge is 0.497 e. The first-order chi connectivity index (χ1) is 9.58. The molecule has 0 aliphatic heterocycles. The minimum atomic E-state index is -0.730. The van der Waals surface area contributed by atoms with Crippen molar-refractivity contribution in [1.29, 1.82) is 0 Å². The third-order valence-corrected chi connectivity index (χ3v) is 4.58. The maximum atomic E-state index is 11.9. The predicted molar refractivity (Wildman–Crippen MR) is 77.3 cm³/mol. The van der Waals surface area contributed by atoms with Crippen LogP contribution in [0.4, 0.5) is 0 Å². The molecule has 2 aromatic rings. The van der Waals surface area contributed by atoms with Gasteiger partial charge in [-0.3, -0.25) is 4.79 Å². The Morgan fingerprint density at radius 2 is 2.05 bits per heavy atom. The number of benzene rings is 1. The van der Waals surface area contributed by atoms with Crippen molar-refractivity contribution in [3.8, 4) is 5.75 Å². The van der Waals surface area contributed by atoms with Gasteiger partial charge in [-0.15, -0.1) is 0 Å². The Morgan fingerprint density at radius 1 is 1.35 bits per heavy atom. The van der Waals surface area contributed by atoms with E-state index in [0.29, 0.717) is 0 Å². The van der Waals surface area contributed by atoms with E-state index in [1.165, 1.54) is 0 Å². The lowest BCUT2D eigenvalue weighted by molar-refractivity contribution is -0.143. The van der Waals surface area contributed by atoms with Gasteiger partial charge in [0, 0.05) is 24.1 Å². The van der Waals surface area contributed by atoms with Gasteiger partial charge in [-0.05, 0) is 36.6 Å². The molecule has 1 aromatic heterocycles. The average molecular weight is 273 g/mol. The fourth-order valence-corrected chi connectivity index (χ4v) is 3.46. The summed E-state index contributed by atoms with van der Waals surface area (Å²) in [5, 5.41) is 10.8. The molecule has 1 N–H and O–H groups in total. The topological polar surface area (TPSA) is 51.5 Å². The van der Waals surface area contributed by atoms with Gasteiger partial charge in [-0.25, -0.2) is 0 Å². The summed E-state index contributed by atoms with van der Waals surface area (Å²) in [5.41, 5.74) is 1.25. The number of carbonyl (C=O) groups is 1. The number of methoxy groups -OCH3 is 1. The van der Waals surface area contributed by atoms with E-state index in [4.69, 9.17) is 4.74 Å². The predicted octanol–water partition coefficient (Wildman–Crippen LogP) is 3.08. The van der Waals surface area contributed by atoms with Gasteiger partial charge in [0.05, 0.1) is 12.5 Å². The molecule has 3 rings (SSSR count). The first kappa shape index (κ1) is 13.0. The van der Waals surface area contributed by atoms with E-state index in [0.717, 1.165) is 47.9 Å². The second-order valence-corrected chi connectivity index (χ2v) is 5.63. The highest BCUT2D eigenvalue weighted by Crippen LogP contribution is 2.45. The number of carboxylic acids is 1. The molecule has 0 amide bonds. The number of ether oxygens (including phenoxy) is 1. The van der Waals surface area contributed by atoms with Crippen LogP contribution in [0.5, 0.6) is 5.75 Å². The van der Waals surface area contributed by atoms with Crippen molar-refractivity contribution < 1.29 is 14.6 Å². The smallest absolute Gasteiger partial charge is 0.314 e. The number of carboxylic acid groups (broad SMARTS) is 1. The Morgan fingerprint density at radius 3 is 2.65 bits per heavy atom. The third kappa shape index (κ3) is 1.71. The lowest BCUT2D eigenvalue weighted by Gasteiger charge is -2.23. The summed E-state index contributed by atoms with van der Waals surface area (Å²) in [7, 11) is 3.59. The number of hydrogen-bond donors (Lipinski definition) is 1. The lowest BCUT2D eigenvalue weighted by Crippen LogP contribution is -2.32. The maximum Gasteiger partial charge on any atom is 0.314 e. The second-order valence-electron chi connectivity index (χ2n) is 5.63. The standard InChI is InChI=1S/C16H19NO3/c1-17-10-13(16(15(18)19)7-3-4-8-16)12-9-11(20-2)5-6-14(12)17/h5-6,9-10H,3-4,7-8H2,1-2H3,(H,18,19). The van der Waals surface area contributed by atoms with Crippen molar-refractivity contribution in [2.24, 2.45) is 7.05 Å². The van der Waals surface area contributed by atoms with Crippen molar-refractivity contribution in [3.05, 3.63) is 30.0 Å². The molecule has 0 saturated heterocycles. The quantitative estimate of drug-likeness (QED) is 0.935. The Hall–Kier alpha value is -1.97. The normalized spacial score (nSPS) is 17.5. The van der Waals surface area contributed by atoms with Gasteiger partial charge in [0.15, 0.2) is 0 Å². The molecule has 4 heteroatoms. The number of nitrogens with zero attached hydrogens (tertiary/aromatic N) is 1. The summed E-state index contributed by atoms with van der Waals surface area (Å²) in [6.45, 7) is 0. The van der Waals surface area contributed by atoms with Crippen molar-refractivity contribution in [2.75, 3.05) is 7.11 Å². The van der Waals surface area contributed by atoms with Gasteiger partial charge in [0.25, 0.3) is 0 Å². The van der Waals surface area contributed by atoms with Gasteiger partial charge in [-0.1, -0.05) is 12.8 Å². The zero-order valence-corrected chi connectivity index (χ0v) is 11.8. The van der Waals surface area contributed by atoms with Crippen molar-refractivity contribution >= 4 is 16.9 Å². The summed E-state index contributed by atoms with van der Waals surface area (Å²) in [6.07, 6.45) is 5.38. The molecule has 4 nitrogen and oxygen atoms in total. The second kappa shape index (κ2) is 4.54. The van der Waals surface area contributed by atoms with E-state index in [1.54, 1.807) is 7.11 Å². The maximum absolute atomic E-state index is 11.9. The highest BCUT2D eigenvalue weighted by molar-refractivity contribution is 5.93. The number of aromatic nitrogens is 1. The van der Waals surface area contributed by atoms with Gasteiger partial charge in [0.1, 0.15) is 5.75 Å². The minimum absolute atomic E-state index is 0.703. The highest BCUT2D eigenvalue weighted by atomic mass is 16.5. The Balaban J connectivity index is 2.27. The zero-order valence-electron chi connectivity index (χ0n) is 11.8. The van der Waals surface area contributed by atoms with E-state index in [-0.39, 0.29) is 0 Å². The van der Waals surface area contributed by atoms with Crippen molar-refractivity contribution in [1.82, 2.24) is 4.57 Å². The number of aliphatic carboxylic acids is 1. The summed E-state index contributed by atoms with van der Waals surface area (Å²) in [4.78, 5) is 11.9. The molecule has 0 radical (unpaired) electrons. The molecule has 0 bridgehead atoms. The first-order valence-corrected chi connectivity index (χ1v) is 6.95. The minimum Gasteiger partial charge on any atom is -0.497 e. The van der Waals surface area contributed by atoms with Crippen LogP contribution in [0.3, 0.4) is 0 Å². The summed E-state index contributed by atoms with van der Waals surface area (Å²) >= 11 is 0. The molecule has 1 aromatic carbocycles. The number of hydrogen-bond acceptors (Lipinski definition) is 2. The van der Waals surface area contributed by atoms with E-state index >= 15 is 0 Å². The monoisotopic (exact) mass is 273 g/mol. The van der Waals surface area contributed by atoms with Crippen LogP contribution in [0.15, 0.2) is 24.4 Å². The van der Waals surface area contributed by atoms with Crippen molar-refractivity contribution in [3.63, 3.8) is 0 Å². The van der Waals surface area contributed by atoms with Crippen LogP contribution >= 0.6 is 0 Å². The highest BCUT2D eigenvalue weighted by Gasteiger charge is 2.44. The number of rotatable bonds is 3. The SMILES string of the molecule is COc1ccc2c(c1)c(C1(C(=O)O)CCCC1)cn2C. The molecule has 0 spiro atoms. The molecule has 1 aliphatic carbocycles. The summed E-state index contributed by atoms with van der Waals surface area (Å²) < 4.78 is 7.29. The molecule has 0 unspecified atom stereocenters. The molecule has 1 heterocycles. The summed E-state index contributed by atoms with van der Waals surface area (Å²) in [6, 6.07) is 5.85. The van der Waals surface area contributed by atoms with E-state index in [2.05, 4.69) is 0 Å². The first-order valence-electron chi connectivity index (χ1n) is 6.95. The average Bonchev–Trinajstić information content (AvgIpc) is 3.04. The number of fused-ring (bicyclic) bond motifs is 1. The molecule has 0 atom stereocenters. The van der Waals surface area contributed by atoms with E-state index in [1.807, 2.05) is 36.0 Å². The van der Waals surface area contributed by atoms with E-state index in [9.17, 15) is 9.90 Å². The zero-order chi connectivity index (χ0) is 14.3. The van der Waals surface area contributed by atoms with Gasteiger partial charge >= 0.3 is 5.97 Å². The van der Waals surface area contributed by atoms with Crippen LogP contribution in [0, 0.1) is 0 Å². The third-order valence-electron chi connectivity index (χ3n) is 4.58. The molecule has 1 aliphatic rings. The Bertz CT molecular complexity index is 666. The molecule has 1 fully saturated rings. The van der Waals surface area contributed by atoms with Gasteiger partial charge < -0.3 is 14.4 Å². The van der Waals surface area contributed by atoms with Crippen LogP contribution in [0.1, 0.15) is 31.2 Å². The summed E-state index contributed by atoms with van der Waals surface area (Å²) in [5.74, 6) is 0.0637. The van der Waals surface area contributed by atoms with Crippen molar-refractivity contribution in [2.45, 2.75) is 31.1 Å². The molecule has 20 heavy (non-hydrogen) atoms. The van der Waals surface area contributed by atoms with E-state index < -0.39 is 11.4 Å². The van der Waals surface area contributed by atoms with Gasteiger partial charge in [0.2, 0.25) is 0 Å². The van der Waals surface area contributed by atoms with Gasteiger partial charge in [-0.2, -0.15) is 0 Å². The molecule has 106 valence electrons. The van der Waals surface area contributed by atoms with Crippen LogP contribution in [0.25, 0.3) is 10.9 Å². The molecule has 1 saturated carbocycles. The fourth-order valence-electron chi connectivity index (χ4n) is 3.46. The molecular weight excluding hydrogens is 254 g/mol.